The fourth-order valence-electron chi connectivity index (χ4n) is 0.780. The van der Waals surface area contributed by atoms with Gasteiger partial charge < -0.3 is 0 Å². The summed E-state index contributed by atoms with van der Waals surface area (Å²) in [6.07, 6.45) is 6.88. The van der Waals surface area contributed by atoms with Crippen molar-refractivity contribution >= 4 is 10.0 Å². The van der Waals surface area contributed by atoms with Crippen molar-refractivity contribution in [2.45, 2.75) is 4.90 Å². The van der Waals surface area contributed by atoms with Crippen LogP contribution in [0.25, 0.3) is 0 Å². The molecule has 0 atom stereocenters. The number of hydrogen-bond acceptors (Lipinski definition) is 0. The molecule has 0 saturated carbocycles. The first kappa shape index (κ1) is 7.67. The summed E-state index contributed by atoms with van der Waals surface area (Å²) in [6, 6.07) is 11.3. The molecule has 0 aliphatic rings. The fraction of sp³-hybridized carbons (Fsp3) is 0.333. The summed E-state index contributed by atoms with van der Waals surface area (Å²) < 4.78 is 0. The maximum Gasteiger partial charge on any atom is -0.0106 e. The fourth-order valence-corrected chi connectivity index (χ4v) is 1.73. The molecular formula is C9H13S. The van der Waals surface area contributed by atoms with E-state index in [9.17, 15) is 0 Å². The minimum Gasteiger partial charge on any atom is -0.223 e. The van der Waals surface area contributed by atoms with Gasteiger partial charge in [-0.05, 0) is 41.9 Å². The van der Waals surface area contributed by atoms with Gasteiger partial charge in [0.15, 0.2) is 0 Å². The predicted octanol–water partition coefficient (Wildman–Crippen LogP) is 2.54. The van der Waals surface area contributed by atoms with Gasteiger partial charge in [-0.1, -0.05) is 12.1 Å². The molecule has 0 fully saturated rings. The van der Waals surface area contributed by atoms with Crippen molar-refractivity contribution in [2.75, 3.05) is 18.8 Å². The van der Waals surface area contributed by atoms with Crippen LogP contribution in [0.1, 0.15) is 0 Å². The third-order valence-corrected chi connectivity index (χ3v) is 3.08. The zero-order chi connectivity index (χ0) is 7.61. The van der Waals surface area contributed by atoms with Gasteiger partial charge in [0.25, 0.3) is 0 Å². The minimum absolute atomic E-state index is 0.523. The third-order valence-electron chi connectivity index (χ3n) is 1.39. The number of rotatable bonds is 1. The molecule has 0 aromatic heterocycles. The molecule has 0 N–H and O–H groups in total. The summed E-state index contributed by atoms with van der Waals surface area (Å²) in [4.78, 5) is 1.45. The molecular weight excluding hydrogens is 140 g/mol. The summed E-state index contributed by atoms with van der Waals surface area (Å²) in [7, 11) is -0.523. The van der Waals surface area contributed by atoms with Gasteiger partial charge in [0.1, 0.15) is 0 Å². The molecule has 0 bridgehead atoms. The minimum atomic E-state index is -0.523. The van der Waals surface area contributed by atoms with Crippen LogP contribution in [0, 0.1) is 6.07 Å². The molecule has 0 heterocycles. The van der Waals surface area contributed by atoms with Gasteiger partial charge in [0.2, 0.25) is 0 Å². The summed E-state index contributed by atoms with van der Waals surface area (Å²) >= 11 is 0. The van der Waals surface area contributed by atoms with E-state index in [0.29, 0.717) is 0 Å². The van der Waals surface area contributed by atoms with Crippen LogP contribution in [-0.2, 0) is 0 Å². The molecule has 1 aromatic carbocycles. The van der Waals surface area contributed by atoms with Crippen molar-refractivity contribution in [1.29, 1.82) is 0 Å². The van der Waals surface area contributed by atoms with Crippen molar-refractivity contribution in [1.82, 2.24) is 0 Å². The highest BCUT2D eigenvalue weighted by atomic mass is 32.3. The van der Waals surface area contributed by atoms with E-state index in [1.165, 1.54) is 4.90 Å². The Morgan fingerprint density at radius 1 is 1.10 bits per heavy atom. The van der Waals surface area contributed by atoms with Gasteiger partial charge in [0, 0.05) is 0 Å². The first-order valence-corrected chi connectivity index (χ1v) is 6.11. The highest BCUT2D eigenvalue weighted by molar-refractivity contribution is 8.32. The third kappa shape index (κ3) is 1.77. The van der Waals surface area contributed by atoms with E-state index in [1.54, 1.807) is 0 Å². The predicted molar refractivity (Wildman–Crippen MR) is 48.9 cm³/mol. The second kappa shape index (κ2) is 2.67. The summed E-state index contributed by atoms with van der Waals surface area (Å²) in [6.45, 7) is 0. The van der Waals surface area contributed by atoms with E-state index >= 15 is 0 Å². The van der Waals surface area contributed by atoms with E-state index < -0.39 is 10.0 Å². The Bertz CT molecular complexity index is 196. The second-order valence-electron chi connectivity index (χ2n) is 3.07. The van der Waals surface area contributed by atoms with Crippen molar-refractivity contribution in [3.05, 3.63) is 30.3 Å². The summed E-state index contributed by atoms with van der Waals surface area (Å²) in [5.41, 5.74) is 0. The molecule has 1 aromatic rings. The van der Waals surface area contributed by atoms with Crippen molar-refractivity contribution in [2.24, 2.45) is 0 Å². The van der Waals surface area contributed by atoms with Gasteiger partial charge in [-0.2, -0.15) is 0 Å². The highest BCUT2D eigenvalue weighted by Crippen LogP contribution is 2.44. The first-order chi connectivity index (χ1) is 4.61. The van der Waals surface area contributed by atoms with Crippen LogP contribution < -0.4 is 0 Å². The van der Waals surface area contributed by atoms with E-state index in [1.807, 2.05) is 12.1 Å². The lowest BCUT2D eigenvalue weighted by atomic mass is 10.4. The monoisotopic (exact) mass is 153 g/mol. The van der Waals surface area contributed by atoms with Crippen LogP contribution in [0.2, 0.25) is 0 Å². The Balaban J connectivity index is 2.97. The average Bonchev–Trinajstić information content (AvgIpc) is 1.88. The molecule has 10 heavy (non-hydrogen) atoms. The van der Waals surface area contributed by atoms with Crippen molar-refractivity contribution in [3.63, 3.8) is 0 Å². The molecule has 0 nitrogen and oxygen atoms in total. The molecule has 1 radical (unpaired) electrons. The molecule has 1 rings (SSSR count). The molecule has 55 valence electrons. The first-order valence-electron chi connectivity index (χ1n) is 3.25. The van der Waals surface area contributed by atoms with Gasteiger partial charge in [-0.25, -0.2) is 10.0 Å². The lowest BCUT2D eigenvalue weighted by molar-refractivity contribution is 1.43. The Morgan fingerprint density at radius 3 is 1.90 bits per heavy atom. The molecule has 0 aliphatic carbocycles. The Morgan fingerprint density at radius 2 is 1.60 bits per heavy atom. The van der Waals surface area contributed by atoms with E-state index in [4.69, 9.17) is 0 Å². The maximum absolute atomic E-state index is 3.02. The van der Waals surface area contributed by atoms with Gasteiger partial charge in [-0.15, -0.1) is 0 Å². The topological polar surface area (TPSA) is 0 Å². The Labute approximate surface area is 64.6 Å². The Hall–Kier alpha value is -0.430. The molecule has 0 amide bonds. The maximum atomic E-state index is 3.02. The van der Waals surface area contributed by atoms with E-state index in [-0.39, 0.29) is 0 Å². The van der Waals surface area contributed by atoms with Crippen LogP contribution in [0.3, 0.4) is 0 Å². The molecule has 0 spiro atoms. The number of benzene rings is 1. The molecule has 1 heteroatoms. The van der Waals surface area contributed by atoms with E-state index in [0.717, 1.165) is 0 Å². The molecule has 0 unspecified atom stereocenters. The smallest absolute Gasteiger partial charge is 0.0106 e. The largest absolute Gasteiger partial charge is 0.223 e. The lowest BCUT2D eigenvalue weighted by Crippen LogP contribution is -1.91. The van der Waals surface area contributed by atoms with Crippen LogP contribution in [0.4, 0.5) is 0 Å². The second-order valence-corrected chi connectivity index (χ2v) is 7.22. The summed E-state index contributed by atoms with van der Waals surface area (Å²) in [5, 5.41) is 0. The van der Waals surface area contributed by atoms with Crippen molar-refractivity contribution in [3.8, 4) is 0 Å². The molecule has 0 saturated heterocycles. The lowest BCUT2D eigenvalue weighted by Gasteiger charge is -2.25. The molecule has 0 aliphatic heterocycles. The van der Waals surface area contributed by atoms with Crippen LogP contribution >= 0.6 is 10.0 Å². The van der Waals surface area contributed by atoms with Gasteiger partial charge in [-0.3, -0.25) is 0 Å². The number of hydrogen-bond donors (Lipinski definition) is 0. The van der Waals surface area contributed by atoms with Gasteiger partial charge >= 0.3 is 0 Å². The Kier molecular flexibility index (Phi) is 2.05. The SMILES string of the molecule is CS(C)(C)c1cc[c]cc1. The quantitative estimate of drug-likeness (QED) is 0.581. The van der Waals surface area contributed by atoms with Crippen LogP contribution in [-0.4, -0.2) is 18.8 Å². The van der Waals surface area contributed by atoms with E-state index in [2.05, 4.69) is 37.0 Å². The van der Waals surface area contributed by atoms with Crippen LogP contribution in [0.5, 0.6) is 0 Å². The van der Waals surface area contributed by atoms with Crippen molar-refractivity contribution < 1.29 is 0 Å². The highest BCUT2D eigenvalue weighted by Gasteiger charge is 2.04. The summed E-state index contributed by atoms with van der Waals surface area (Å²) in [5.74, 6) is 0. The zero-order valence-corrected chi connectivity index (χ0v) is 7.53. The average molecular weight is 153 g/mol. The standard InChI is InChI=1S/C9H13S/c1-10(2,3)9-7-5-4-6-8-9/h5-8H,1-3H3. The zero-order valence-electron chi connectivity index (χ0n) is 6.72. The van der Waals surface area contributed by atoms with Crippen LogP contribution in [0.15, 0.2) is 29.2 Å². The van der Waals surface area contributed by atoms with Gasteiger partial charge in [0.05, 0.1) is 0 Å². The normalized spacial score (nSPS) is 13.1.